The van der Waals surface area contributed by atoms with Crippen LogP contribution in [0.25, 0.3) is 16.6 Å². The van der Waals surface area contributed by atoms with Crippen LogP contribution < -0.4 is 5.56 Å². The Kier molecular flexibility index (Phi) is 5.46. The Morgan fingerprint density at radius 2 is 1.90 bits per heavy atom. The molecular weight excluding hydrogens is 400 g/mol. The van der Waals surface area contributed by atoms with Gasteiger partial charge in [-0.2, -0.15) is 0 Å². The first-order chi connectivity index (χ1) is 14.5. The van der Waals surface area contributed by atoms with Gasteiger partial charge in [0.05, 0.1) is 29.5 Å². The monoisotopic (exact) mass is 420 g/mol. The topological polar surface area (TPSA) is 74.3 Å². The number of hydrogen-bond acceptors (Lipinski definition) is 6. The molecule has 0 amide bonds. The molecule has 0 bridgehead atoms. The average Bonchev–Trinajstić information content (AvgIpc) is 3.23. The molecule has 2 heterocycles. The summed E-state index contributed by atoms with van der Waals surface area (Å²) >= 11 is 1.37. The molecule has 0 N–H and O–H groups in total. The number of methoxy groups -OCH3 is 1. The Morgan fingerprint density at radius 1 is 1.10 bits per heavy atom. The third-order valence-electron chi connectivity index (χ3n) is 4.89. The number of hydrogen-bond donors (Lipinski definition) is 0. The van der Waals surface area contributed by atoms with Gasteiger partial charge < -0.3 is 9.15 Å². The average molecular weight is 420 g/mol. The van der Waals surface area contributed by atoms with Crippen molar-refractivity contribution in [1.29, 1.82) is 0 Å². The van der Waals surface area contributed by atoms with Crippen molar-refractivity contribution in [1.82, 2.24) is 9.55 Å². The maximum absolute atomic E-state index is 13.3. The minimum Gasteiger partial charge on any atom is -0.463 e. The molecule has 2 aromatic heterocycles. The number of para-hydroxylation sites is 1. The van der Waals surface area contributed by atoms with E-state index in [0.29, 0.717) is 27.6 Å². The predicted molar refractivity (Wildman–Crippen MR) is 116 cm³/mol. The highest BCUT2D eigenvalue weighted by molar-refractivity contribution is 7.98. The van der Waals surface area contributed by atoms with Crippen molar-refractivity contribution in [2.75, 3.05) is 7.11 Å². The quantitative estimate of drug-likeness (QED) is 0.265. The van der Waals surface area contributed by atoms with Crippen LogP contribution in [0.1, 0.15) is 27.4 Å². The van der Waals surface area contributed by atoms with Gasteiger partial charge in [-0.25, -0.2) is 9.78 Å². The zero-order valence-corrected chi connectivity index (χ0v) is 17.7. The van der Waals surface area contributed by atoms with Crippen LogP contribution >= 0.6 is 11.8 Å². The lowest BCUT2D eigenvalue weighted by Gasteiger charge is -2.14. The van der Waals surface area contributed by atoms with Crippen LogP contribution in [0.2, 0.25) is 0 Å². The van der Waals surface area contributed by atoms with E-state index < -0.39 is 5.97 Å². The molecule has 0 radical (unpaired) electrons. The number of carbonyl (C=O) groups excluding carboxylic acids is 1. The number of fused-ring (bicyclic) bond motifs is 1. The first kappa shape index (κ1) is 20.0. The van der Waals surface area contributed by atoms with Gasteiger partial charge in [0.25, 0.3) is 5.56 Å². The van der Waals surface area contributed by atoms with Crippen LogP contribution in [0, 0.1) is 13.8 Å². The Bertz CT molecular complexity index is 1310. The van der Waals surface area contributed by atoms with Gasteiger partial charge >= 0.3 is 5.97 Å². The fourth-order valence-electron chi connectivity index (χ4n) is 3.10. The molecule has 30 heavy (non-hydrogen) atoms. The maximum Gasteiger partial charge on any atom is 0.373 e. The number of ether oxygens (including phenoxy) is 1. The van der Waals surface area contributed by atoms with Gasteiger partial charge in [-0.15, -0.1) is 0 Å². The third kappa shape index (κ3) is 3.76. The van der Waals surface area contributed by atoms with E-state index in [-0.39, 0.29) is 11.3 Å². The van der Waals surface area contributed by atoms with Crippen molar-refractivity contribution in [2.45, 2.75) is 24.8 Å². The minimum absolute atomic E-state index is 0.124. The molecule has 0 atom stereocenters. The van der Waals surface area contributed by atoms with Crippen molar-refractivity contribution in [3.63, 3.8) is 0 Å². The first-order valence-corrected chi connectivity index (χ1v) is 10.4. The van der Waals surface area contributed by atoms with E-state index in [1.54, 1.807) is 22.8 Å². The summed E-state index contributed by atoms with van der Waals surface area (Å²) < 4.78 is 11.9. The molecule has 7 heteroatoms. The first-order valence-electron chi connectivity index (χ1n) is 9.37. The molecule has 0 aliphatic carbocycles. The molecule has 4 aromatic rings. The second-order valence-electron chi connectivity index (χ2n) is 6.87. The van der Waals surface area contributed by atoms with Crippen molar-refractivity contribution < 1.29 is 13.9 Å². The van der Waals surface area contributed by atoms with Gasteiger partial charge in [-0.1, -0.05) is 30.0 Å². The van der Waals surface area contributed by atoms with E-state index in [2.05, 4.69) is 4.74 Å². The summed E-state index contributed by atoms with van der Waals surface area (Å²) in [6.07, 6.45) is 0. The van der Waals surface area contributed by atoms with E-state index in [4.69, 9.17) is 9.40 Å². The van der Waals surface area contributed by atoms with Crippen molar-refractivity contribution in [3.05, 3.63) is 87.6 Å². The zero-order chi connectivity index (χ0) is 21.3. The summed E-state index contributed by atoms with van der Waals surface area (Å²) in [6.45, 7) is 4.05. The third-order valence-corrected chi connectivity index (χ3v) is 5.85. The number of rotatable bonds is 5. The standard InChI is InChI=1S/C23H20N2O4S/c1-14-8-9-16(12-15(14)2)25-21(26)18-6-4-5-7-19(18)24-23(25)30-13-17-10-11-20(29-17)22(27)28-3/h4-12H,13H2,1-3H3. The molecule has 0 unspecified atom stereocenters. The summed E-state index contributed by atoms with van der Waals surface area (Å²) in [7, 11) is 1.31. The largest absolute Gasteiger partial charge is 0.463 e. The number of aromatic nitrogens is 2. The van der Waals surface area contributed by atoms with E-state index in [9.17, 15) is 9.59 Å². The molecule has 0 fully saturated rings. The van der Waals surface area contributed by atoms with Gasteiger partial charge in [-0.3, -0.25) is 9.36 Å². The molecule has 0 saturated carbocycles. The van der Waals surface area contributed by atoms with Crippen LogP contribution in [0.5, 0.6) is 0 Å². The molecule has 6 nitrogen and oxygen atoms in total. The lowest BCUT2D eigenvalue weighted by molar-refractivity contribution is 0.0563. The number of nitrogens with zero attached hydrogens (tertiary/aromatic N) is 2. The lowest BCUT2D eigenvalue weighted by atomic mass is 10.1. The van der Waals surface area contributed by atoms with Gasteiger partial charge in [0.15, 0.2) is 5.16 Å². The van der Waals surface area contributed by atoms with Crippen LogP contribution in [-0.2, 0) is 10.5 Å². The van der Waals surface area contributed by atoms with Gasteiger partial charge in [0, 0.05) is 0 Å². The molecule has 0 aliphatic rings. The number of thioether (sulfide) groups is 1. The Hall–Kier alpha value is -3.32. The van der Waals surface area contributed by atoms with E-state index in [0.717, 1.165) is 16.8 Å². The normalized spacial score (nSPS) is 11.0. The van der Waals surface area contributed by atoms with Crippen LogP contribution in [0.4, 0.5) is 0 Å². The van der Waals surface area contributed by atoms with Crippen molar-refractivity contribution in [2.24, 2.45) is 0 Å². The second kappa shape index (κ2) is 8.20. The van der Waals surface area contributed by atoms with E-state index in [1.807, 2.05) is 50.2 Å². The number of esters is 1. The molecule has 4 rings (SSSR count). The Labute approximate surface area is 177 Å². The summed E-state index contributed by atoms with van der Waals surface area (Å²) in [5.74, 6) is 0.620. The molecule has 0 spiro atoms. The summed E-state index contributed by atoms with van der Waals surface area (Å²) in [6, 6.07) is 16.5. The minimum atomic E-state index is -0.526. The molecular formula is C23H20N2O4S. The van der Waals surface area contributed by atoms with Gasteiger partial charge in [-0.05, 0) is 61.4 Å². The van der Waals surface area contributed by atoms with Crippen molar-refractivity contribution >= 4 is 28.6 Å². The van der Waals surface area contributed by atoms with Gasteiger partial charge in [0.1, 0.15) is 5.76 Å². The van der Waals surface area contributed by atoms with E-state index in [1.165, 1.54) is 18.9 Å². The second-order valence-corrected chi connectivity index (χ2v) is 7.81. The fraction of sp³-hybridized carbons (Fsp3) is 0.174. The molecule has 0 saturated heterocycles. The fourth-order valence-corrected chi connectivity index (χ4v) is 4.01. The van der Waals surface area contributed by atoms with Crippen molar-refractivity contribution in [3.8, 4) is 5.69 Å². The highest BCUT2D eigenvalue weighted by Crippen LogP contribution is 2.26. The molecule has 152 valence electrons. The smallest absolute Gasteiger partial charge is 0.373 e. The Morgan fingerprint density at radius 3 is 2.67 bits per heavy atom. The van der Waals surface area contributed by atoms with Crippen LogP contribution in [0.15, 0.2) is 69.0 Å². The van der Waals surface area contributed by atoms with E-state index >= 15 is 0 Å². The maximum atomic E-state index is 13.3. The Balaban J connectivity index is 1.77. The number of carbonyl (C=O) groups is 1. The lowest BCUT2D eigenvalue weighted by Crippen LogP contribution is -2.21. The zero-order valence-electron chi connectivity index (χ0n) is 16.8. The summed E-state index contributed by atoms with van der Waals surface area (Å²) in [5, 5.41) is 1.11. The van der Waals surface area contributed by atoms with Crippen LogP contribution in [0.3, 0.4) is 0 Å². The highest BCUT2D eigenvalue weighted by Gasteiger charge is 2.16. The van der Waals surface area contributed by atoms with Crippen LogP contribution in [-0.4, -0.2) is 22.6 Å². The number of aryl methyl sites for hydroxylation is 2. The number of furan rings is 1. The molecule has 0 aliphatic heterocycles. The predicted octanol–water partition coefficient (Wildman–Crippen LogP) is 4.67. The number of benzene rings is 2. The molecule has 2 aromatic carbocycles. The summed E-state index contributed by atoms with van der Waals surface area (Å²) in [5.41, 5.74) is 3.53. The van der Waals surface area contributed by atoms with Gasteiger partial charge in [0.2, 0.25) is 5.76 Å². The SMILES string of the molecule is COC(=O)c1ccc(CSc2nc3ccccc3c(=O)n2-c2ccc(C)c(C)c2)o1. The summed E-state index contributed by atoms with van der Waals surface area (Å²) in [4.78, 5) is 29.7. The highest BCUT2D eigenvalue weighted by atomic mass is 32.2.